The lowest BCUT2D eigenvalue weighted by Crippen LogP contribution is -2.13. The predicted octanol–water partition coefficient (Wildman–Crippen LogP) is 3.77. The van der Waals surface area contributed by atoms with Gasteiger partial charge in [0.05, 0.1) is 22.3 Å². The third-order valence-corrected chi connectivity index (χ3v) is 3.03. The summed E-state index contributed by atoms with van der Waals surface area (Å²) in [6.07, 6.45) is 0. The summed E-state index contributed by atoms with van der Waals surface area (Å²) in [5.74, 6) is -0.284. The van der Waals surface area contributed by atoms with Crippen LogP contribution in [0.2, 0.25) is 5.02 Å². The van der Waals surface area contributed by atoms with Crippen LogP contribution in [0.3, 0.4) is 0 Å². The molecule has 0 unspecified atom stereocenters. The second-order valence-electron chi connectivity index (χ2n) is 4.08. The van der Waals surface area contributed by atoms with Crippen molar-refractivity contribution in [3.8, 4) is 6.07 Å². The number of carbonyl (C=O) groups is 1. The molecular weight excluding hydrogens is 260 g/mol. The quantitative estimate of drug-likeness (QED) is 0.903. The van der Waals surface area contributed by atoms with Gasteiger partial charge in [0.2, 0.25) is 0 Å². The van der Waals surface area contributed by atoms with Crippen LogP contribution in [-0.4, -0.2) is 5.91 Å². The van der Waals surface area contributed by atoms with E-state index in [0.29, 0.717) is 21.8 Å². The summed E-state index contributed by atoms with van der Waals surface area (Å²) in [5.41, 5.74) is 2.36. The lowest BCUT2D eigenvalue weighted by molar-refractivity contribution is 0.102. The Kier molecular flexibility index (Phi) is 3.84. The highest BCUT2D eigenvalue weighted by Gasteiger charge is 2.10. The van der Waals surface area contributed by atoms with E-state index in [1.807, 2.05) is 25.1 Å². The summed E-state index contributed by atoms with van der Waals surface area (Å²) >= 11 is 6.05. The van der Waals surface area contributed by atoms with Crippen molar-refractivity contribution < 1.29 is 4.79 Å². The predicted molar refractivity (Wildman–Crippen MR) is 75.3 cm³/mol. The van der Waals surface area contributed by atoms with E-state index in [4.69, 9.17) is 16.9 Å². The van der Waals surface area contributed by atoms with Crippen LogP contribution in [0.15, 0.2) is 42.5 Å². The number of anilines is 1. The van der Waals surface area contributed by atoms with Crippen LogP contribution in [0.5, 0.6) is 0 Å². The molecule has 0 aromatic heterocycles. The average Bonchev–Trinajstić information content (AvgIpc) is 2.43. The van der Waals surface area contributed by atoms with Gasteiger partial charge in [-0.3, -0.25) is 4.79 Å². The first-order valence-corrected chi connectivity index (χ1v) is 6.06. The van der Waals surface area contributed by atoms with Crippen molar-refractivity contribution in [1.29, 1.82) is 5.26 Å². The molecule has 0 saturated heterocycles. The Morgan fingerprint density at radius 1 is 1.26 bits per heavy atom. The number of halogens is 1. The van der Waals surface area contributed by atoms with E-state index in [1.54, 1.807) is 30.3 Å². The molecule has 0 fully saturated rings. The first-order valence-electron chi connectivity index (χ1n) is 5.68. The molecule has 0 heterocycles. The van der Waals surface area contributed by atoms with Crippen molar-refractivity contribution in [3.05, 3.63) is 64.2 Å². The van der Waals surface area contributed by atoms with Gasteiger partial charge in [-0.1, -0.05) is 29.8 Å². The number of hydrogen-bond acceptors (Lipinski definition) is 2. The van der Waals surface area contributed by atoms with Gasteiger partial charge in [0.1, 0.15) is 0 Å². The molecule has 0 aliphatic heterocycles. The monoisotopic (exact) mass is 270 g/mol. The molecule has 94 valence electrons. The summed E-state index contributed by atoms with van der Waals surface area (Å²) in [4.78, 5) is 12.1. The standard InChI is InChI=1S/C15H11ClN2O/c1-10-4-2-7-13(16)14(10)18-15(19)12-6-3-5-11(8-12)9-17/h2-8H,1H3,(H,18,19). The van der Waals surface area contributed by atoms with E-state index < -0.39 is 0 Å². The Bertz CT molecular complexity index is 654. The van der Waals surface area contributed by atoms with E-state index >= 15 is 0 Å². The third-order valence-electron chi connectivity index (χ3n) is 2.71. The molecular formula is C15H11ClN2O. The molecule has 3 nitrogen and oxygen atoms in total. The van der Waals surface area contributed by atoms with E-state index in [-0.39, 0.29) is 5.91 Å². The lowest BCUT2D eigenvalue weighted by Gasteiger charge is -2.10. The van der Waals surface area contributed by atoms with Crippen molar-refractivity contribution >= 4 is 23.2 Å². The van der Waals surface area contributed by atoms with Crippen LogP contribution >= 0.6 is 11.6 Å². The lowest BCUT2D eigenvalue weighted by atomic mass is 10.1. The van der Waals surface area contributed by atoms with E-state index in [1.165, 1.54) is 0 Å². The minimum Gasteiger partial charge on any atom is -0.320 e. The molecule has 19 heavy (non-hydrogen) atoms. The molecule has 0 bridgehead atoms. The van der Waals surface area contributed by atoms with Crippen LogP contribution in [0.25, 0.3) is 0 Å². The van der Waals surface area contributed by atoms with E-state index in [2.05, 4.69) is 5.32 Å². The van der Waals surface area contributed by atoms with Gasteiger partial charge in [-0.25, -0.2) is 0 Å². The Morgan fingerprint density at radius 3 is 2.68 bits per heavy atom. The summed E-state index contributed by atoms with van der Waals surface area (Å²) in [7, 11) is 0. The number of amides is 1. The van der Waals surface area contributed by atoms with Gasteiger partial charge in [0.25, 0.3) is 5.91 Å². The molecule has 4 heteroatoms. The zero-order chi connectivity index (χ0) is 13.8. The smallest absolute Gasteiger partial charge is 0.255 e. The molecule has 0 radical (unpaired) electrons. The highest BCUT2D eigenvalue weighted by molar-refractivity contribution is 6.34. The zero-order valence-corrected chi connectivity index (χ0v) is 11.0. The number of carbonyl (C=O) groups excluding carboxylic acids is 1. The minimum absolute atomic E-state index is 0.284. The fourth-order valence-corrected chi connectivity index (χ4v) is 1.97. The van der Waals surface area contributed by atoms with Crippen LogP contribution < -0.4 is 5.32 Å². The van der Waals surface area contributed by atoms with Crippen LogP contribution in [0, 0.1) is 18.3 Å². The number of nitriles is 1. The topological polar surface area (TPSA) is 52.9 Å². The van der Waals surface area contributed by atoms with Crippen molar-refractivity contribution in [1.82, 2.24) is 0 Å². The normalized spacial score (nSPS) is 9.74. The van der Waals surface area contributed by atoms with Crippen LogP contribution in [0.4, 0.5) is 5.69 Å². The fourth-order valence-electron chi connectivity index (χ4n) is 1.71. The van der Waals surface area contributed by atoms with Gasteiger partial charge in [-0.15, -0.1) is 0 Å². The molecule has 2 aromatic carbocycles. The maximum absolute atomic E-state index is 12.1. The minimum atomic E-state index is -0.284. The Morgan fingerprint density at radius 2 is 2.00 bits per heavy atom. The molecule has 0 atom stereocenters. The maximum Gasteiger partial charge on any atom is 0.255 e. The van der Waals surface area contributed by atoms with Crippen molar-refractivity contribution in [3.63, 3.8) is 0 Å². The summed E-state index contributed by atoms with van der Waals surface area (Å²) in [6.45, 7) is 1.87. The highest BCUT2D eigenvalue weighted by Crippen LogP contribution is 2.25. The van der Waals surface area contributed by atoms with Gasteiger partial charge >= 0.3 is 0 Å². The van der Waals surface area contributed by atoms with Gasteiger partial charge in [0.15, 0.2) is 0 Å². The number of rotatable bonds is 2. The van der Waals surface area contributed by atoms with Gasteiger partial charge in [0, 0.05) is 5.56 Å². The molecule has 2 aromatic rings. The number of nitrogens with one attached hydrogen (secondary N) is 1. The van der Waals surface area contributed by atoms with E-state index in [0.717, 1.165) is 5.56 Å². The maximum atomic E-state index is 12.1. The molecule has 0 aliphatic carbocycles. The number of hydrogen-bond donors (Lipinski definition) is 1. The Hall–Kier alpha value is -2.31. The third kappa shape index (κ3) is 2.93. The van der Waals surface area contributed by atoms with Crippen molar-refractivity contribution in [2.75, 3.05) is 5.32 Å². The summed E-state index contributed by atoms with van der Waals surface area (Å²) < 4.78 is 0. The molecule has 1 amide bonds. The average molecular weight is 271 g/mol. The fraction of sp³-hybridized carbons (Fsp3) is 0.0667. The van der Waals surface area contributed by atoms with Crippen molar-refractivity contribution in [2.24, 2.45) is 0 Å². The number of para-hydroxylation sites is 1. The zero-order valence-electron chi connectivity index (χ0n) is 10.3. The largest absolute Gasteiger partial charge is 0.320 e. The summed E-state index contributed by atoms with van der Waals surface area (Å²) in [5, 5.41) is 12.1. The first-order chi connectivity index (χ1) is 9.11. The molecule has 0 spiro atoms. The summed E-state index contributed by atoms with van der Waals surface area (Å²) in [6, 6.07) is 13.9. The molecule has 1 N–H and O–H groups in total. The number of aryl methyl sites for hydroxylation is 1. The van der Waals surface area contributed by atoms with Gasteiger partial charge in [-0.05, 0) is 36.8 Å². The number of benzene rings is 2. The van der Waals surface area contributed by atoms with Gasteiger partial charge < -0.3 is 5.32 Å². The van der Waals surface area contributed by atoms with Crippen molar-refractivity contribution in [2.45, 2.75) is 6.92 Å². The van der Waals surface area contributed by atoms with Gasteiger partial charge in [-0.2, -0.15) is 5.26 Å². The highest BCUT2D eigenvalue weighted by atomic mass is 35.5. The number of nitrogens with zero attached hydrogens (tertiary/aromatic N) is 1. The molecule has 0 aliphatic rings. The molecule has 2 rings (SSSR count). The second kappa shape index (κ2) is 5.55. The Balaban J connectivity index is 2.29. The SMILES string of the molecule is Cc1cccc(Cl)c1NC(=O)c1cccc(C#N)c1. The Labute approximate surface area is 116 Å². The van der Waals surface area contributed by atoms with Crippen LogP contribution in [0.1, 0.15) is 21.5 Å². The second-order valence-corrected chi connectivity index (χ2v) is 4.49. The van der Waals surface area contributed by atoms with Crippen LogP contribution in [-0.2, 0) is 0 Å². The van der Waals surface area contributed by atoms with E-state index in [9.17, 15) is 4.79 Å². The first kappa shape index (κ1) is 13.1. The molecule has 0 saturated carbocycles.